The lowest BCUT2D eigenvalue weighted by Gasteiger charge is -2.41. The summed E-state index contributed by atoms with van der Waals surface area (Å²) in [4.78, 5) is 5.60. The third kappa shape index (κ3) is 4.52. The molecule has 0 amide bonds. The Labute approximate surface area is 156 Å². The molecule has 1 aromatic heterocycles. The van der Waals surface area contributed by atoms with E-state index in [1.807, 2.05) is 6.92 Å². The molecule has 0 radical (unpaired) electrons. The maximum atomic E-state index is 10.1. The molecule has 8 N–H and O–H groups in total. The number of thiazole rings is 1. The molecule has 10 heteroatoms. The van der Waals surface area contributed by atoms with Crippen LogP contribution in [0.1, 0.15) is 35.3 Å². The molecular formula is C16H28N4O5S. The van der Waals surface area contributed by atoms with E-state index in [0.29, 0.717) is 16.6 Å². The number of nitrogens with zero attached hydrogens (tertiary/aromatic N) is 2. The number of nitrogens with two attached hydrogens (primary N) is 2. The Morgan fingerprint density at radius 1 is 1.27 bits per heavy atom. The highest BCUT2D eigenvalue weighted by atomic mass is 32.1. The standard InChI is InChI=1S/C16H28N4O5S/c1-7(2)15-8(3)19-16(26-15)9(17)4-20(18)5-10-12(22)14(24)13(23)11(6-21)25-10/h4,7,10-14,21-24H,5-6,17-18H2,1-3H3/b9-4-. The van der Waals surface area contributed by atoms with Gasteiger partial charge in [-0.15, -0.1) is 11.3 Å². The van der Waals surface area contributed by atoms with Gasteiger partial charge in [0.2, 0.25) is 0 Å². The molecule has 1 aromatic rings. The molecule has 0 bridgehead atoms. The van der Waals surface area contributed by atoms with Crippen molar-refractivity contribution in [1.82, 2.24) is 9.99 Å². The summed E-state index contributed by atoms with van der Waals surface area (Å²) in [6.45, 7) is 5.61. The van der Waals surface area contributed by atoms with Crippen molar-refractivity contribution < 1.29 is 25.2 Å². The lowest BCUT2D eigenvalue weighted by molar-refractivity contribution is -0.231. The van der Waals surface area contributed by atoms with E-state index in [1.54, 1.807) is 0 Å². The number of aromatic nitrogens is 1. The van der Waals surface area contributed by atoms with Crippen LogP contribution < -0.4 is 11.6 Å². The summed E-state index contributed by atoms with van der Waals surface area (Å²) in [7, 11) is 0. The first kappa shape index (κ1) is 21.0. The molecule has 5 unspecified atom stereocenters. The van der Waals surface area contributed by atoms with Crippen LogP contribution in [0.3, 0.4) is 0 Å². The summed E-state index contributed by atoms with van der Waals surface area (Å²) in [6, 6.07) is 0. The third-order valence-corrected chi connectivity index (χ3v) is 5.80. The predicted octanol–water partition coefficient (Wildman–Crippen LogP) is -1.15. The van der Waals surface area contributed by atoms with Gasteiger partial charge < -0.3 is 35.9 Å². The zero-order chi connectivity index (χ0) is 19.6. The SMILES string of the molecule is Cc1nc(/C(N)=C/N(N)CC2OC(CO)C(O)C(O)C2O)sc1C(C)C. The van der Waals surface area contributed by atoms with Gasteiger partial charge in [0.05, 0.1) is 24.5 Å². The van der Waals surface area contributed by atoms with Crippen LogP contribution in [0.15, 0.2) is 6.20 Å². The lowest BCUT2D eigenvalue weighted by atomic mass is 9.95. The van der Waals surface area contributed by atoms with Crippen molar-refractivity contribution in [3.63, 3.8) is 0 Å². The van der Waals surface area contributed by atoms with E-state index in [2.05, 4.69) is 18.8 Å². The predicted molar refractivity (Wildman–Crippen MR) is 97.8 cm³/mol. The van der Waals surface area contributed by atoms with Crippen LogP contribution in [-0.4, -0.2) is 74.1 Å². The third-order valence-electron chi connectivity index (χ3n) is 4.29. The number of hydrogen-bond donors (Lipinski definition) is 6. The van der Waals surface area contributed by atoms with Gasteiger partial charge >= 0.3 is 0 Å². The van der Waals surface area contributed by atoms with Crippen molar-refractivity contribution >= 4 is 17.0 Å². The minimum Gasteiger partial charge on any atom is -0.395 e. The zero-order valence-electron chi connectivity index (χ0n) is 15.1. The monoisotopic (exact) mass is 388 g/mol. The number of aliphatic hydroxyl groups excluding tert-OH is 4. The number of hydrazine groups is 1. The molecule has 1 aliphatic rings. The Balaban J connectivity index is 2.08. The minimum atomic E-state index is -1.43. The quantitative estimate of drug-likeness (QED) is 0.261. The average Bonchev–Trinajstić information content (AvgIpc) is 2.97. The molecule has 0 saturated carbocycles. The maximum absolute atomic E-state index is 10.1. The second-order valence-corrected chi connectivity index (χ2v) is 7.80. The van der Waals surface area contributed by atoms with E-state index in [-0.39, 0.29) is 6.54 Å². The fourth-order valence-corrected chi connectivity index (χ4v) is 3.88. The highest BCUT2D eigenvalue weighted by molar-refractivity contribution is 7.12. The second-order valence-electron chi connectivity index (χ2n) is 6.77. The summed E-state index contributed by atoms with van der Waals surface area (Å²) >= 11 is 1.50. The van der Waals surface area contributed by atoms with Crippen LogP contribution in [0.25, 0.3) is 5.70 Å². The van der Waals surface area contributed by atoms with Crippen molar-refractivity contribution in [2.24, 2.45) is 11.6 Å². The Kier molecular flexibility index (Phi) is 6.97. The first-order chi connectivity index (χ1) is 12.1. The number of hydrogen-bond acceptors (Lipinski definition) is 10. The van der Waals surface area contributed by atoms with Crippen molar-refractivity contribution in [3.8, 4) is 0 Å². The molecule has 0 aromatic carbocycles. The van der Waals surface area contributed by atoms with Crippen molar-refractivity contribution in [2.45, 2.75) is 57.2 Å². The van der Waals surface area contributed by atoms with Crippen LogP contribution in [0.5, 0.6) is 0 Å². The molecule has 2 heterocycles. The average molecular weight is 388 g/mol. The Morgan fingerprint density at radius 2 is 1.88 bits per heavy atom. The first-order valence-corrected chi connectivity index (χ1v) is 9.24. The summed E-state index contributed by atoms with van der Waals surface area (Å²) < 4.78 is 5.43. The maximum Gasteiger partial charge on any atom is 0.141 e. The van der Waals surface area contributed by atoms with E-state index >= 15 is 0 Å². The van der Waals surface area contributed by atoms with E-state index in [4.69, 9.17) is 16.3 Å². The van der Waals surface area contributed by atoms with Gasteiger partial charge in [-0.1, -0.05) is 13.8 Å². The summed E-state index contributed by atoms with van der Waals surface area (Å²) in [5.74, 6) is 6.28. The molecule has 1 saturated heterocycles. The van der Waals surface area contributed by atoms with E-state index in [1.165, 1.54) is 22.5 Å². The summed E-state index contributed by atoms with van der Waals surface area (Å²) in [5.41, 5.74) is 7.37. The van der Waals surface area contributed by atoms with Gasteiger partial charge in [-0.25, -0.2) is 10.8 Å². The molecule has 2 rings (SSSR count). The van der Waals surface area contributed by atoms with Gasteiger partial charge in [0.25, 0.3) is 0 Å². The fraction of sp³-hybridized carbons (Fsp3) is 0.688. The number of aryl methyl sites for hydroxylation is 1. The highest BCUT2D eigenvalue weighted by Gasteiger charge is 2.43. The number of aliphatic hydroxyl groups is 4. The molecule has 0 aliphatic carbocycles. The first-order valence-electron chi connectivity index (χ1n) is 8.42. The Morgan fingerprint density at radius 3 is 2.42 bits per heavy atom. The second kappa shape index (κ2) is 8.61. The van der Waals surface area contributed by atoms with Crippen LogP contribution in [0.2, 0.25) is 0 Å². The lowest BCUT2D eigenvalue weighted by Crippen LogP contribution is -2.61. The van der Waals surface area contributed by atoms with Crippen LogP contribution in [-0.2, 0) is 4.74 Å². The van der Waals surface area contributed by atoms with E-state index in [9.17, 15) is 20.4 Å². The van der Waals surface area contributed by atoms with E-state index in [0.717, 1.165) is 10.6 Å². The van der Waals surface area contributed by atoms with Gasteiger partial charge in [-0.05, 0) is 12.8 Å². The molecule has 9 nitrogen and oxygen atoms in total. The van der Waals surface area contributed by atoms with Gasteiger partial charge in [-0.3, -0.25) is 0 Å². The molecule has 1 aliphatic heterocycles. The van der Waals surface area contributed by atoms with Crippen molar-refractivity contribution in [1.29, 1.82) is 0 Å². The van der Waals surface area contributed by atoms with E-state index < -0.39 is 37.1 Å². The zero-order valence-corrected chi connectivity index (χ0v) is 15.9. The van der Waals surface area contributed by atoms with Crippen LogP contribution in [0, 0.1) is 6.92 Å². The van der Waals surface area contributed by atoms with Gasteiger partial charge in [0, 0.05) is 11.1 Å². The topological polar surface area (TPSA) is 158 Å². The normalized spacial score (nSPS) is 30.0. The fourth-order valence-electron chi connectivity index (χ4n) is 2.89. The number of ether oxygens (including phenoxy) is 1. The highest BCUT2D eigenvalue weighted by Crippen LogP contribution is 2.28. The van der Waals surface area contributed by atoms with Gasteiger partial charge in [0.1, 0.15) is 35.5 Å². The largest absolute Gasteiger partial charge is 0.395 e. The van der Waals surface area contributed by atoms with Crippen molar-refractivity contribution in [2.75, 3.05) is 13.2 Å². The van der Waals surface area contributed by atoms with Gasteiger partial charge in [-0.2, -0.15) is 0 Å². The molecule has 148 valence electrons. The van der Waals surface area contributed by atoms with Crippen LogP contribution >= 0.6 is 11.3 Å². The smallest absolute Gasteiger partial charge is 0.141 e. The summed E-state index contributed by atoms with van der Waals surface area (Å²) in [6.07, 6.45) is -4.57. The minimum absolute atomic E-state index is 0.00351. The Bertz CT molecular complexity index is 636. The summed E-state index contributed by atoms with van der Waals surface area (Å²) in [5, 5.41) is 40.8. The van der Waals surface area contributed by atoms with Crippen molar-refractivity contribution in [3.05, 3.63) is 21.8 Å². The molecule has 5 atom stereocenters. The molecule has 1 fully saturated rings. The number of rotatable bonds is 6. The van der Waals surface area contributed by atoms with Crippen LogP contribution in [0.4, 0.5) is 0 Å². The molecular weight excluding hydrogens is 360 g/mol. The molecule has 0 spiro atoms. The Hall–Kier alpha value is -1.27. The molecule has 26 heavy (non-hydrogen) atoms. The van der Waals surface area contributed by atoms with Gasteiger partial charge in [0.15, 0.2) is 0 Å².